The molecule has 3 rings (SSSR count). The zero-order chi connectivity index (χ0) is 21.7. The van der Waals surface area contributed by atoms with Crippen LogP contribution in [-0.4, -0.2) is 47.2 Å². The third kappa shape index (κ3) is 4.83. The van der Waals surface area contributed by atoms with Crippen LogP contribution in [0.4, 0.5) is 11.4 Å². The Morgan fingerprint density at radius 1 is 1.20 bits per heavy atom. The molecule has 8 heteroatoms. The molecular weight excluding hydrogens is 382 g/mol. The first-order valence-electron chi connectivity index (χ1n) is 9.92. The first-order chi connectivity index (χ1) is 14.3. The molecular formula is C22H27N5O3. The lowest BCUT2D eigenvalue weighted by Crippen LogP contribution is -2.55. The van der Waals surface area contributed by atoms with Gasteiger partial charge in [0.25, 0.3) is 0 Å². The van der Waals surface area contributed by atoms with Gasteiger partial charge in [0, 0.05) is 31.0 Å². The van der Waals surface area contributed by atoms with Crippen molar-refractivity contribution < 1.29 is 14.4 Å². The third-order valence-corrected chi connectivity index (χ3v) is 5.40. The number of piperidine rings is 1. The number of nitrogens with zero attached hydrogens (tertiary/aromatic N) is 2. The van der Waals surface area contributed by atoms with Gasteiger partial charge in [-0.15, -0.1) is 0 Å². The molecule has 0 saturated carbocycles. The number of pyridine rings is 1. The molecule has 0 bridgehead atoms. The van der Waals surface area contributed by atoms with Gasteiger partial charge in [0.05, 0.1) is 12.2 Å². The second-order valence-electron chi connectivity index (χ2n) is 7.73. The van der Waals surface area contributed by atoms with Crippen LogP contribution in [0.25, 0.3) is 0 Å². The predicted molar refractivity (Wildman–Crippen MR) is 115 cm³/mol. The van der Waals surface area contributed by atoms with Gasteiger partial charge in [0.2, 0.25) is 17.7 Å². The molecule has 0 unspecified atom stereocenters. The number of carbonyl (C=O) groups excluding carboxylic acids is 3. The number of amides is 3. The summed E-state index contributed by atoms with van der Waals surface area (Å²) < 4.78 is 0. The molecule has 0 aliphatic carbocycles. The summed E-state index contributed by atoms with van der Waals surface area (Å²) in [4.78, 5) is 42.7. The van der Waals surface area contributed by atoms with Gasteiger partial charge in [-0.2, -0.15) is 0 Å². The molecule has 3 amide bonds. The Bertz CT molecular complexity index is 947. The SMILES string of the molecule is CC(=O)Nc1cc(NC(=O)CN2CCC[C@](C(N)=O)(c3ccccn3)C2)ccc1C. The third-order valence-electron chi connectivity index (χ3n) is 5.40. The Hall–Kier alpha value is -3.26. The number of anilines is 2. The first kappa shape index (κ1) is 21.4. The number of nitrogens with one attached hydrogen (secondary N) is 2. The summed E-state index contributed by atoms with van der Waals surface area (Å²) in [6, 6.07) is 10.8. The number of rotatable bonds is 6. The second kappa shape index (κ2) is 9.04. The van der Waals surface area contributed by atoms with Gasteiger partial charge in [-0.05, 0) is 56.1 Å². The lowest BCUT2D eigenvalue weighted by Gasteiger charge is -2.40. The fourth-order valence-corrected chi connectivity index (χ4v) is 3.89. The number of primary amides is 1. The van der Waals surface area contributed by atoms with Crippen LogP contribution in [0.3, 0.4) is 0 Å². The van der Waals surface area contributed by atoms with Crippen LogP contribution in [0.2, 0.25) is 0 Å². The summed E-state index contributed by atoms with van der Waals surface area (Å²) in [5.41, 5.74) is 7.67. The van der Waals surface area contributed by atoms with E-state index in [0.717, 1.165) is 12.0 Å². The van der Waals surface area contributed by atoms with E-state index in [-0.39, 0.29) is 18.4 Å². The number of aryl methyl sites for hydroxylation is 1. The van der Waals surface area contributed by atoms with Crippen molar-refractivity contribution in [3.63, 3.8) is 0 Å². The van der Waals surface area contributed by atoms with Crippen LogP contribution in [0, 0.1) is 6.92 Å². The molecule has 1 aromatic heterocycles. The van der Waals surface area contributed by atoms with Gasteiger partial charge in [-0.1, -0.05) is 12.1 Å². The molecule has 0 radical (unpaired) electrons. The van der Waals surface area contributed by atoms with Crippen LogP contribution >= 0.6 is 0 Å². The van der Waals surface area contributed by atoms with Crippen molar-refractivity contribution in [2.75, 3.05) is 30.3 Å². The molecule has 1 aromatic carbocycles. The fourth-order valence-electron chi connectivity index (χ4n) is 3.89. The Balaban J connectivity index is 1.70. The number of benzene rings is 1. The predicted octanol–water partition coefficient (Wildman–Crippen LogP) is 1.81. The largest absolute Gasteiger partial charge is 0.369 e. The summed E-state index contributed by atoms with van der Waals surface area (Å²) >= 11 is 0. The second-order valence-corrected chi connectivity index (χ2v) is 7.73. The standard InChI is InChI=1S/C22H27N5O3/c1-15-7-8-17(12-18(15)25-16(2)28)26-20(29)13-27-11-5-9-22(14-27,21(23)30)19-6-3-4-10-24-19/h3-4,6-8,10,12H,5,9,11,13-14H2,1-2H3,(H2,23,30)(H,25,28)(H,26,29)/t22-/m1/s1. The topological polar surface area (TPSA) is 117 Å². The van der Waals surface area contributed by atoms with Crippen molar-refractivity contribution in [1.82, 2.24) is 9.88 Å². The number of carbonyl (C=O) groups is 3. The molecule has 8 nitrogen and oxygen atoms in total. The maximum Gasteiger partial charge on any atom is 0.238 e. The van der Waals surface area contributed by atoms with E-state index in [1.165, 1.54) is 6.92 Å². The molecule has 30 heavy (non-hydrogen) atoms. The highest BCUT2D eigenvalue weighted by Gasteiger charge is 2.43. The van der Waals surface area contributed by atoms with Gasteiger partial charge in [-0.25, -0.2) is 0 Å². The van der Waals surface area contributed by atoms with Gasteiger partial charge in [0.1, 0.15) is 5.41 Å². The van der Waals surface area contributed by atoms with Crippen molar-refractivity contribution in [3.8, 4) is 0 Å². The Morgan fingerprint density at radius 3 is 2.67 bits per heavy atom. The minimum Gasteiger partial charge on any atom is -0.369 e. The number of nitrogens with two attached hydrogens (primary N) is 1. The lowest BCUT2D eigenvalue weighted by atomic mass is 9.76. The van der Waals surface area contributed by atoms with Gasteiger partial charge >= 0.3 is 0 Å². The van der Waals surface area contributed by atoms with Gasteiger partial charge in [-0.3, -0.25) is 24.3 Å². The average Bonchev–Trinajstić information content (AvgIpc) is 2.70. The zero-order valence-corrected chi connectivity index (χ0v) is 17.3. The molecule has 2 heterocycles. The van der Waals surface area contributed by atoms with Crippen molar-refractivity contribution in [2.45, 2.75) is 32.1 Å². The first-order valence-corrected chi connectivity index (χ1v) is 9.92. The summed E-state index contributed by atoms with van der Waals surface area (Å²) in [5, 5.41) is 5.61. The van der Waals surface area contributed by atoms with Crippen molar-refractivity contribution in [2.24, 2.45) is 5.73 Å². The molecule has 1 aliphatic heterocycles. The molecule has 0 spiro atoms. The number of hydrogen-bond donors (Lipinski definition) is 3. The Kier molecular flexibility index (Phi) is 6.47. The average molecular weight is 409 g/mol. The van der Waals surface area contributed by atoms with E-state index in [1.807, 2.05) is 30.0 Å². The normalized spacial score (nSPS) is 19.1. The van der Waals surface area contributed by atoms with E-state index in [4.69, 9.17) is 5.73 Å². The van der Waals surface area contributed by atoms with Gasteiger partial charge in [0.15, 0.2) is 0 Å². The van der Waals surface area contributed by atoms with Crippen LogP contribution in [0.5, 0.6) is 0 Å². The van der Waals surface area contributed by atoms with E-state index in [9.17, 15) is 14.4 Å². The van der Waals surface area contributed by atoms with E-state index in [2.05, 4.69) is 15.6 Å². The quantitative estimate of drug-likeness (QED) is 0.673. The lowest BCUT2D eigenvalue weighted by molar-refractivity contribution is -0.127. The highest BCUT2D eigenvalue weighted by molar-refractivity contribution is 5.95. The van der Waals surface area contributed by atoms with Crippen molar-refractivity contribution >= 4 is 29.1 Å². The van der Waals surface area contributed by atoms with E-state index in [1.54, 1.807) is 24.4 Å². The molecule has 4 N–H and O–H groups in total. The number of hydrogen-bond acceptors (Lipinski definition) is 5. The van der Waals surface area contributed by atoms with Crippen LogP contribution in [0.15, 0.2) is 42.6 Å². The van der Waals surface area contributed by atoms with Crippen molar-refractivity contribution in [3.05, 3.63) is 53.9 Å². The van der Waals surface area contributed by atoms with Gasteiger partial charge < -0.3 is 16.4 Å². The van der Waals surface area contributed by atoms with E-state index < -0.39 is 11.3 Å². The molecule has 2 aromatic rings. The Labute approximate surface area is 175 Å². The zero-order valence-electron chi connectivity index (χ0n) is 17.3. The Morgan fingerprint density at radius 2 is 2.00 bits per heavy atom. The maximum absolute atomic E-state index is 12.6. The molecule has 158 valence electrons. The fraction of sp³-hybridized carbons (Fsp3) is 0.364. The van der Waals surface area contributed by atoms with E-state index in [0.29, 0.717) is 36.6 Å². The van der Waals surface area contributed by atoms with Crippen LogP contribution in [0.1, 0.15) is 31.0 Å². The summed E-state index contributed by atoms with van der Waals surface area (Å²) in [7, 11) is 0. The summed E-state index contributed by atoms with van der Waals surface area (Å²) in [6.45, 7) is 4.49. The molecule has 1 atom stereocenters. The molecule has 1 aliphatic rings. The minimum absolute atomic E-state index is 0.130. The van der Waals surface area contributed by atoms with Crippen LogP contribution in [-0.2, 0) is 19.8 Å². The number of aromatic nitrogens is 1. The molecule has 1 fully saturated rings. The summed E-state index contributed by atoms with van der Waals surface area (Å²) in [5.74, 6) is -0.800. The number of likely N-dealkylation sites (tertiary alicyclic amines) is 1. The highest BCUT2D eigenvalue weighted by Crippen LogP contribution is 2.32. The van der Waals surface area contributed by atoms with Crippen molar-refractivity contribution in [1.29, 1.82) is 0 Å². The van der Waals surface area contributed by atoms with E-state index >= 15 is 0 Å². The van der Waals surface area contributed by atoms with Crippen LogP contribution < -0.4 is 16.4 Å². The minimum atomic E-state index is -0.901. The smallest absolute Gasteiger partial charge is 0.238 e. The summed E-state index contributed by atoms with van der Waals surface area (Å²) in [6.07, 6.45) is 3.00. The maximum atomic E-state index is 12.6. The molecule has 1 saturated heterocycles. The monoisotopic (exact) mass is 409 g/mol. The highest BCUT2D eigenvalue weighted by atomic mass is 16.2.